The fourth-order valence-corrected chi connectivity index (χ4v) is 3.98. The van der Waals surface area contributed by atoms with Gasteiger partial charge in [0.15, 0.2) is 9.84 Å². The van der Waals surface area contributed by atoms with Crippen LogP contribution in [0.25, 0.3) is 0 Å². The van der Waals surface area contributed by atoms with Gasteiger partial charge in [-0.15, -0.1) is 0 Å². The second kappa shape index (κ2) is 5.04. The van der Waals surface area contributed by atoms with Crippen LogP contribution in [0.4, 0.5) is 4.39 Å². The summed E-state index contributed by atoms with van der Waals surface area (Å²) in [6.07, 6.45) is 0.634. The molecule has 1 aromatic carbocycles. The van der Waals surface area contributed by atoms with Crippen LogP contribution < -0.4 is 5.32 Å². The topological polar surface area (TPSA) is 46.2 Å². The van der Waals surface area contributed by atoms with Crippen molar-refractivity contribution < 1.29 is 12.8 Å². The van der Waals surface area contributed by atoms with Gasteiger partial charge in [-0.2, -0.15) is 0 Å². The fraction of sp³-hybridized carbons (Fsp3) is 0.455. The molecule has 0 spiro atoms. The first kappa shape index (κ1) is 13.0. The summed E-state index contributed by atoms with van der Waals surface area (Å²) in [5.74, 6) is 0.138. The van der Waals surface area contributed by atoms with Gasteiger partial charge >= 0.3 is 0 Å². The molecule has 1 N–H and O–H groups in total. The van der Waals surface area contributed by atoms with E-state index in [4.69, 9.17) is 0 Å². The Hall–Kier alpha value is -0.460. The lowest BCUT2D eigenvalue weighted by atomic mass is 10.2. The van der Waals surface area contributed by atoms with Crippen molar-refractivity contribution in [2.24, 2.45) is 0 Å². The van der Waals surface area contributed by atoms with Crippen LogP contribution in [0.3, 0.4) is 0 Å². The first-order valence-corrected chi connectivity index (χ1v) is 7.95. The SMILES string of the molecule is O=S1(=O)CC[C@H](NCc2cc(F)ccc2Br)C1. The molecule has 0 aliphatic carbocycles. The highest BCUT2D eigenvalue weighted by Gasteiger charge is 2.27. The lowest BCUT2D eigenvalue weighted by molar-refractivity contribution is 0.550. The fourth-order valence-electron chi connectivity index (χ4n) is 1.89. The second-order valence-electron chi connectivity index (χ2n) is 4.22. The summed E-state index contributed by atoms with van der Waals surface area (Å²) in [6, 6.07) is 4.46. The van der Waals surface area contributed by atoms with Crippen molar-refractivity contribution in [3.63, 3.8) is 0 Å². The Kier molecular flexibility index (Phi) is 3.85. The van der Waals surface area contributed by atoms with Crippen LogP contribution in [-0.4, -0.2) is 26.0 Å². The monoisotopic (exact) mass is 321 g/mol. The zero-order chi connectivity index (χ0) is 12.5. The highest BCUT2D eigenvalue weighted by Crippen LogP contribution is 2.19. The zero-order valence-corrected chi connectivity index (χ0v) is 11.5. The molecule has 94 valence electrons. The molecular formula is C11H13BrFNO2S. The lowest BCUT2D eigenvalue weighted by Crippen LogP contribution is -2.29. The third kappa shape index (κ3) is 3.50. The molecule has 17 heavy (non-hydrogen) atoms. The number of halogens is 2. The summed E-state index contributed by atoms with van der Waals surface area (Å²) >= 11 is 3.34. The van der Waals surface area contributed by atoms with Crippen LogP contribution in [0.15, 0.2) is 22.7 Å². The number of hydrogen-bond donors (Lipinski definition) is 1. The summed E-state index contributed by atoms with van der Waals surface area (Å²) in [5, 5.41) is 3.15. The Morgan fingerprint density at radius 1 is 1.47 bits per heavy atom. The van der Waals surface area contributed by atoms with Crippen LogP contribution in [0.2, 0.25) is 0 Å². The van der Waals surface area contributed by atoms with Crippen molar-refractivity contribution in [1.82, 2.24) is 5.32 Å². The van der Waals surface area contributed by atoms with Crippen LogP contribution in [0, 0.1) is 5.82 Å². The molecule has 6 heteroatoms. The quantitative estimate of drug-likeness (QED) is 0.924. The van der Waals surface area contributed by atoms with Gasteiger partial charge < -0.3 is 5.32 Å². The van der Waals surface area contributed by atoms with E-state index in [1.807, 2.05) is 0 Å². The molecule has 0 bridgehead atoms. The summed E-state index contributed by atoms with van der Waals surface area (Å²) in [7, 11) is -2.87. The van der Waals surface area contributed by atoms with Gasteiger partial charge in [-0.1, -0.05) is 15.9 Å². The third-order valence-electron chi connectivity index (χ3n) is 2.82. The molecule has 2 rings (SSSR count). The van der Waals surface area contributed by atoms with Crippen LogP contribution in [0.5, 0.6) is 0 Å². The molecule has 1 aliphatic heterocycles. The summed E-state index contributed by atoms with van der Waals surface area (Å²) in [6.45, 7) is 0.471. The predicted molar refractivity (Wildman–Crippen MR) is 68.0 cm³/mol. The molecule has 0 radical (unpaired) electrons. The van der Waals surface area contributed by atoms with Gasteiger partial charge in [0, 0.05) is 17.1 Å². The largest absolute Gasteiger partial charge is 0.309 e. The van der Waals surface area contributed by atoms with E-state index >= 15 is 0 Å². The van der Waals surface area contributed by atoms with Crippen molar-refractivity contribution in [2.45, 2.75) is 19.0 Å². The Labute approximate surface area is 108 Å². The van der Waals surface area contributed by atoms with E-state index in [1.165, 1.54) is 12.1 Å². The number of hydrogen-bond acceptors (Lipinski definition) is 3. The van der Waals surface area contributed by atoms with Gasteiger partial charge in [-0.3, -0.25) is 0 Å². The van der Waals surface area contributed by atoms with Crippen molar-refractivity contribution in [3.8, 4) is 0 Å². The Morgan fingerprint density at radius 2 is 2.24 bits per heavy atom. The van der Waals surface area contributed by atoms with Gasteiger partial charge in [0.25, 0.3) is 0 Å². The van der Waals surface area contributed by atoms with Gasteiger partial charge in [-0.25, -0.2) is 12.8 Å². The first-order chi connectivity index (χ1) is 7.96. The predicted octanol–water partition coefficient (Wildman–Crippen LogP) is 1.86. The normalized spacial score (nSPS) is 22.8. The molecule has 1 fully saturated rings. The number of rotatable bonds is 3. The summed E-state index contributed by atoms with van der Waals surface area (Å²) in [5.41, 5.74) is 0.800. The summed E-state index contributed by atoms with van der Waals surface area (Å²) in [4.78, 5) is 0. The molecule has 0 aromatic heterocycles. The van der Waals surface area contributed by atoms with E-state index in [2.05, 4.69) is 21.2 Å². The molecule has 0 amide bonds. The van der Waals surface area contributed by atoms with Crippen LogP contribution >= 0.6 is 15.9 Å². The van der Waals surface area contributed by atoms with Gasteiger partial charge in [0.05, 0.1) is 11.5 Å². The first-order valence-electron chi connectivity index (χ1n) is 5.34. The molecule has 0 saturated carbocycles. The van der Waals surface area contributed by atoms with Crippen LogP contribution in [-0.2, 0) is 16.4 Å². The smallest absolute Gasteiger partial charge is 0.151 e. The van der Waals surface area contributed by atoms with E-state index in [-0.39, 0.29) is 23.4 Å². The third-order valence-corrected chi connectivity index (χ3v) is 5.36. The molecule has 1 atom stereocenters. The number of nitrogens with one attached hydrogen (secondary N) is 1. The lowest BCUT2D eigenvalue weighted by Gasteiger charge is -2.11. The minimum Gasteiger partial charge on any atom is -0.309 e. The van der Waals surface area contributed by atoms with Crippen LogP contribution in [0.1, 0.15) is 12.0 Å². The van der Waals surface area contributed by atoms with Crippen molar-refractivity contribution in [1.29, 1.82) is 0 Å². The molecule has 3 nitrogen and oxygen atoms in total. The standard InChI is InChI=1S/C11H13BrFNO2S/c12-11-2-1-9(13)5-8(11)6-14-10-3-4-17(15,16)7-10/h1-2,5,10,14H,3-4,6-7H2/t10-/m0/s1. The van der Waals surface area contributed by atoms with E-state index in [0.29, 0.717) is 13.0 Å². The van der Waals surface area contributed by atoms with E-state index < -0.39 is 9.84 Å². The molecule has 0 unspecified atom stereocenters. The maximum Gasteiger partial charge on any atom is 0.151 e. The minimum atomic E-state index is -2.87. The van der Waals surface area contributed by atoms with Gasteiger partial charge in [0.2, 0.25) is 0 Å². The Balaban J connectivity index is 1.97. The average Bonchev–Trinajstić information content (AvgIpc) is 2.60. The zero-order valence-electron chi connectivity index (χ0n) is 9.12. The molecule has 1 heterocycles. The van der Waals surface area contributed by atoms with E-state index in [0.717, 1.165) is 10.0 Å². The van der Waals surface area contributed by atoms with E-state index in [1.54, 1.807) is 6.07 Å². The highest BCUT2D eigenvalue weighted by molar-refractivity contribution is 9.10. The Bertz CT molecular complexity index is 518. The maximum absolute atomic E-state index is 13.0. The molecular weight excluding hydrogens is 309 g/mol. The molecule has 1 aliphatic rings. The van der Waals surface area contributed by atoms with Crippen molar-refractivity contribution >= 4 is 25.8 Å². The van der Waals surface area contributed by atoms with Gasteiger partial charge in [-0.05, 0) is 30.2 Å². The molecule has 1 aromatic rings. The summed E-state index contributed by atoms with van der Waals surface area (Å²) < 4.78 is 36.4. The number of benzene rings is 1. The second-order valence-corrected chi connectivity index (χ2v) is 7.30. The molecule has 1 saturated heterocycles. The van der Waals surface area contributed by atoms with Crippen molar-refractivity contribution in [2.75, 3.05) is 11.5 Å². The van der Waals surface area contributed by atoms with Gasteiger partial charge in [0.1, 0.15) is 5.82 Å². The van der Waals surface area contributed by atoms with E-state index in [9.17, 15) is 12.8 Å². The highest BCUT2D eigenvalue weighted by atomic mass is 79.9. The Morgan fingerprint density at radius 3 is 2.88 bits per heavy atom. The maximum atomic E-state index is 13.0. The van der Waals surface area contributed by atoms with Crippen molar-refractivity contribution in [3.05, 3.63) is 34.1 Å². The number of sulfone groups is 1. The average molecular weight is 322 g/mol. The minimum absolute atomic E-state index is 0.0184.